The van der Waals surface area contributed by atoms with Crippen LogP contribution in [0.25, 0.3) is 0 Å². The van der Waals surface area contributed by atoms with E-state index in [9.17, 15) is 14.4 Å². The van der Waals surface area contributed by atoms with Crippen LogP contribution in [0.4, 0.5) is 0 Å². The summed E-state index contributed by atoms with van der Waals surface area (Å²) in [5.74, 6) is 1.64. The maximum atomic E-state index is 12.8. The third-order valence-corrected chi connectivity index (χ3v) is 12.0. The van der Waals surface area contributed by atoms with E-state index in [1.165, 1.54) is 161 Å². The van der Waals surface area contributed by atoms with Gasteiger partial charge in [0.1, 0.15) is 13.2 Å². The molecular weight excluding hydrogens is 721 g/mol. The van der Waals surface area contributed by atoms with Gasteiger partial charge in [0.15, 0.2) is 6.10 Å². The highest BCUT2D eigenvalue weighted by Gasteiger charge is 2.19. The van der Waals surface area contributed by atoms with E-state index < -0.39 is 6.10 Å². The van der Waals surface area contributed by atoms with Crippen molar-refractivity contribution in [2.45, 2.75) is 285 Å². The predicted molar refractivity (Wildman–Crippen MR) is 247 cm³/mol. The summed E-state index contributed by atoms with van der Waals surface area (Å²) in [4.78, 5) is 37.9. The molecule has 0 spiro atoms. The van der Waals surface area contributed by atoms with E-state index in [0.717, 1.165) is 75.5 Å². The molecule has 0 radical (unpaired) electrons. The SMILES string of the molecule is CCC(C)CCCCCCCCCCCCC(=O)O[C@H](COC(=O)CCCCCCCCCCCCCCC(C)C)COC(=O)CCCCCCCCCCC(C)C. The smallest absolute Gasteiger partial charge is 0.306 e. The lowest BCUT2D eigenvalue weighted by molar-refractivity contribution is -0.167. The summed E-state index contributed by atoms with van der Waals surface area (Å²) < 4.78 is 16.8. The number of unbranched alkanes of at least 4 members (excludes halogenated alkanes) is 27. The van der Waals surface area contributed by atoms with Crippen molar-refractivity contribution >= 4 is 17.9 Å². The fraction of sp³-hybridized carbons (Fsp3) is 0.942. The van der Waals surface area contributed by atoms with Crippen LogP contribution < -0.4 is 0 Å². The van der Waals surface area contributed by atoms with Gasteiger partial charge in [-0.1, -0.05) is 241 Å². The van der Waals surface area contributed by atoms with Crippen LogP contribution in [0.2, 0.25) is 0 Å². The van der Waals surface area contributed by atoms with Gasteiger partial charge in [-0.25, -0.2) is 0 Å². The minimum absolute atomic E-state index is 0.0651. The standard InChI is InChI=1S/C52H100O6/c1-7-48(6)40-34-28-22-15-12-13-17-25-31-37-43-52(55)58-49(45-57-51(54)42-36-30-24-19-18-21-27-33-39-47(4)5)44-56-50(53)41-35-29-23-16-11-9-8-10-14-20-26-32-38-46(2)3/h46-49H,7-45H2,1-6H3/t48?,49-/m1/s1. The molecule has 0 saturated heterocycles. The number of ether oxygens (including phenoxy) is 3. The van der Waals surface area contributed by atoms with Crippen LogP contribution in [0.1, 0.15) is 279 Å². The topological polar surface area (TPSA) is 78.9 Å². The number of rotatable bonds is 45. The lowest BCUT2D eigenvalue weighted by Crippen LogP contribution is -2.30. The molecular formula is C52H100O6. The summed E-state index contributed by atoms with van der Waals surface area (Å²) >= 11 is 0. The van der Waals surface area contributed by atoms with Crippen LogP contribution in [0.3, 0.4) is 0 Å². The van der Waals surface area contributed by atoms with Gasteiger partial charge >= 0.3 is 17.9 Å². The normalized spacial score (nSPS) is 12.6. The van der Waals surface area contributed by atoms with Gasteiger partial charge in [0.25, 0.3) is 0 Å². The van der Waals surface area contributed by atoms with Crippen LogP contribution in [0.5, 0.6) is 0 Å². The Hall–Kier alpha value is -1.59. The Balaban J connectivity index is 4.32. The van der Waals surface area contributed by atoms with Crippen LogP contribution in [0.15, 0.2) is 0 Å². The highest BCUT2D eigenvalue weighted by atomic mass is 16.6. The van der Waals surface area contributed by atoms with Gasteiger partial charge in [0.2, 0.25) is 0 Å². The zero-order chi connectivity index (χ0) is 42.7. The van der Waals surface area contributed by atoms with Crippen molar-refractivity contribution in [1.82, 2.24) is 0 Å². The molecule has 0 aliphatic heterocycles. The van der Waals surface area contributed by atoms with Gasteiger partial charge in [-0.15, -0.1) is 0 Å². The highest BCUT2D eigenvalue weighted by Crippen LogP contribution is 2.18. The molecule has 0 heterocycles. The molecule has 0 aromatic rings. The first-order valence-electron chi connectivity index (χ1n) is 25.6. The molecule has 0 aliphatic rings. The summed E-state index contributed by atoms with van der Waals surface area (Å²) in [6.45, 7) is 13.7. The first-order valence-corrected chi connectivity index (χ1v) is 25.6. The molecule has 6 nitrogen and oxygen atoms in total. The average molecular weight is 821 g/mol. The zero-order valence-corrected chi connectivity index (χ0v) is 39.8. The zero-order valence-electron chi connectivity index (χ0n) is 39.8. The van der Waals surface area contributed by atoms with E-state index in [2.05, 4.69) is 41.5 Å². The Morgan fingerprint density at radius 3 is 0.897 bits per heavy atom. The van der Waals surface area contributed by atoms with E-state index in [1.807, 2.05) is 0 Å². The van der Waals surface area contributed by atoms with Crippen LogP contribution >= 0.6 is 0 Å². The number of hydrogen-bond donors (Lipinski definition) is 0. The van der Waals surface area contributed by atoms with Gasteiger partial charge in [0, 0.05) is 19.3 Å². The molecule has 1 unspecified atom stereocenters. The lowest BCUT2D eigenvalue weighted by atomic mass is 9.99. The third-order valence-electron chi connectivity index (χ3n) is 12.0. The second-order valence-electron chi connectivity index (χ2n) is 19.0. The van der Waals surface area contributed by atoms with Crippen molar-refractivity contribution in [3.63, 3.8) is 0 Å². The van der Waals surface area contributed by atoms with Gasteiger partial charge in [-0.2, -0.15) is 0 Å². The van der Waals surface area contributed by atoms with E-state index in [1.54, 1.807) is 0 Å². The molecule has 2 atom stereocenters. The molecule has 344 valence electrons. The van der Waals surface area contributed by atoms with Crippen LogP contribution in [-0.2, 0) is 28.6 Å². The van der Waals surface area contributed by atoms with E-state index >= 15 is 0 Å². The third kappa shape index (κ3) is 44.0. The minimum Gasteiger partial charge on any atom is -0.462 e. The molecule has 6 heteroatoms. The maximum absolute atomic E-state index is 12.8. The Kier molecular flexibility index (Phi) is 42.3. The molecule has 0 aromatic heterocycles. The first kappa shape index (κ1) is 56.4. The van der Waals surface area contributed by atoms with Crippen molar-refractivity contribution in [2.24, 2.45) is 17.8 Å². The number of carbonyl (C=O) groups is 3. The fourth-order valence-corrected chi connectivity index (χ4v) is 7.73. The summed E-state index contributed by atoms with van der Waals surface area (Å²) in [6, 6.07) is 0. The van der Waals surface area contributed by atoms with Crippen molar-refractivity contribution in [2.75, 3.05) is 13.2 Å². The Morgan fingerprint density at radius 2 is 0.603 bits per heavy atom. The minimum atomic E-state index is -0.763. The number of carbonyl (C=O) groups excluding carboxylic acids is 3. The molecule has 0 bridgehead atoms. The number of esters is 3. The largest absolute Gasteiger partial charge is 0.462 e. The molecule has 0 amide bonds. The average Bonchev–Trinajstić information content (AvgIpc) is 3.19. The first-order chi connectivity index (χ1) is 28.1. The number of hydrogen-bond acceptors (Lipinski definition) is 6. The Labute approximate surface area is 361 Å². The molecule has 0 rings (SSSR count). The predicted octanol–water partition coefficient (Wildman–Crippen LogP) is 16.4. The van der Waals surface area contributed by atoms with E-state index in [4.69, 9.17) is 14.2 Å². The molecule has 0 N–H and O–H groups in total. The summed E-state index contributed by atoms with van der Waals surface area (Å²) in [7, 11) is 0. The fourth-order valence-electron chi connectivity index (χ4n) is 7.73. The summed E-state index contributed by atoms with van der Waals surface area (Å²) in [6.07, 6.45) is 42.3. The van der Waals surface area contributed by atoms with Crippen molar-refractivity contribution in [3.05, 3.63) is 0 Å². The highest BCUT2D eigenvalue weighted by molar-refractivity contribution is 5.71. The van der Waals surface area contributed by atoms with Crippen molar-refractivity contribution in [3.8, 4) is 0 Å². The molecule has 0 aromatic carbocycles. The molecule has 0 saturated carbocycles. The molecule has 0 fully saturated rings. The maximum Gasteiger partial charge on any atom is 0.306 e. The monoisotopic (exact) mass is 821 g/mol. The Morgan fingerprint density at radius 1 is 0.345 bits per heavy atom. The van der Waals surface area contributed by atoms with Gasteiger partial charge in [-0.3, -0.25) is 14.4 Å². The van der Waals surface area contributed by atoms with E-state index in [-0.39, 0.29) is 31.1 Å². The Bertz CT molecular complexity index is 900. The van der Waals surface area contributed by atoms with Crippen molar-refractivity contribution in [1.29, 1.82) is 0 Å². The van der Waals surface area contributed by atoms with Crippen molar-refractivity contribution < 1.29 is 28.6 Å². The van der Waals surface area contributed by atoms with Gasteiger partial charge < -0.3 is 14.2 Å². The van der Waals surface area contributed by atoms with Crippen LogP contribution in [0, 0.1) is 17.8 Å². The summed E-state index contributed by atoms with van der Waals surface area (Å²) in [5, 5.41) is 0. The molecule has 0 aliphatic carbocycles. The second kappa shape index (κ2) is 43.5. The van der Waals surface area contributed by atoms with Crippen LogP contribution in [-0.4, -0.2) is 37.2 Å². The molecule has 58 heavy (non-hydrogen) atoms. The lowest BCUT2D eigenvalue weighted by Gasteiger charge is -2.18. The second-order valence-corrected chi connectivity index (χ2v) is 19.0. The quantitative estimate of drug-likeness (QED) is 0.0346. The van der Waals surface area contributed by atoms with E-state index in [0.29, 0.717) is 19.3 Å². The van der Waals surface area contributed by atoms with Gasteiger partial charge in [-0.05, 0) is 37.0 Å². The summed E-state index contributed by atoms with van der Waals surface area (Å²) in [5.41, 5.74) is 0. The van der Waals surface area contributed by atoms with Gasteiger partial charge in [0.05, 0.1) is 0 Å².